The van der Waals surface area contributed by atoms with Crippen molar-refractivity contribution in [3.8, 4) is 0 Å². The van der Waals surface area contributed by atoms with Gasteiger partial charge in [0.15, 0.2) is 0 Å². The van der Waals surface area contributed by atoms with Crippen LogP contribution in [-0.2, 0) is 0 Å². The van der Waals surface area contributed by atoms with Crippen LogP contribution in [0.1, 0.15) is 28.4 Å². The number of nitro benzene ring substituents is 1. The second-order valence-corrected chi connectivity index (χ2v) is 5.92. The van der Waals surface area contributed by atoms with Crippen LogP contribution < -0.4 is 5.43 Å². The number of rotatable bonds is 4. The van der Waals surface area contributed by atoms with Crippen molar-refractivity contribution < 1.29 is 9.72 Å². The Hall–Kier alpha value is -3.54. The fraction of sp³-hybridized carbons (Fsp3) is 0.100. The average Bonchev–Trinajstić information content (AvgIpc) is 2.65. The van der Waals surface area contributed by atoms with Crippen LogP contribution in [-0.4, -0.2) is 16.5 Å². The van der Waals surface area contributed by atoms with Crippen LogP contribution in [0.2, 0.25) is 0 Å². The first-order valence-corrected chi connectivity index (χ1v) is 8.05. The third-order valence-corrected chi connectivity index (χ3v) is 4.18. The number of fused-ring (bicyclic) bond motifs is 1. The SMILES string of the molecule is CC(=NNC(=O)c1cc([N+](=O)[O-])ccc1C)c1cccc2ccccc12. The molecule has 0 bridgehead atoms. The molecule has 3 rings (SSSR count). The van der Waals surface area contributed by atoms with Gasteiger partial charge in [0.2, 0.25) is 0 Å². The molecule has 0 saturated carbocycles. The van der Waals surface area contributed by atoms with Crippen LogP contribution in [0.25, 0.3) is 10.8 Å². The van der Waals surface area contributed by atoms with Gasteiger partial charge in [-0.15, -0.1) is 0 Å². The van der Waals surface area contributed by atoms with Gasteiger partial charge in [0.1, 0.15) is 0 Å². The van der Waals surface area contributed by atoms with Crippen LogP contribution in [0, 0.1) is 17.0 Å². The second-order valence-electron chi connectivity index (χ2n) is 5.92. The van der Waals surface area contributed by atoms with Gasteiger partial charge in [-0.3, -0.25) is 14.9 Å². The summed E-state index contributed by atoms with van der Waals surface area (Å²) in [5, 5.41) is 17.2. The van der Waals surface area contributed by atoms with Gasteiger partial charge in [0, 0.05) is 17.7 Å². The Kier molecular flexibility index (Phi) is 4.75. The van der Waals surface area contributed by atoms with Crippen molar-refractivity contribution in [1.82, 2.24) is 5.43 Å². The zero-order chi connectivity index (χ0) is 18.7. The van der Waals surface area contributed by atoms with E-state index in [1.54, 1.807) is 13.0 Å². The number of nitrogens with zero attached hydrogens (tertiary/aromatic N) is 2. The lowest BCUT2D eigenvalue weighted by atomic mass is 10.0. The Morgan fingerprint density at radius 2 is 1.77 bits per heavy atom. The Balaban J connectivity index is 1.88. The maximum atomic E-state index is 12.4. The van der Waals surface area contributed by atoms with Gasteiger partial charge < -0.3 is 0 Å². The highest BCUT2D eigenvalue weighted by Gasteiger charge is 2.14. The summed E-state index contributed by atoms with van der Waals surface area (Å²) in [5.74, 6) is -0.481. The van der Waals surface area contributed by atoms with Gasteiger partial charge in [-0.2, -0.15) is 5.10 Å². The normalized spacial score (nSPS) is 11.4. The smallest absolute Gasteiger partial charge is 0.267 e. The van der Waals surface area contributed by atoms with Crippen molar-refractivity contribution in [1.29, 1.82) is 0 Å². The predicted molar refractivity (Wildman–Crippen MR) is 101 cm³/mol. The number of non-ortho nitro benzene ring substituents is 1. The van der Waals surface area contributed by atoms with E-state index in [-0.39, 0.29) is 11.3 Å². The van der Waals surface area contributed by atoms with Crippen LogP contribution in [0.4, 0.5) is 5.69 Å². The summed E-state index contributed by atoms with van der Waals surface area (Å²) in [6.07, 6.45) is 0. The minimum atomic E-state index is -0.527. The van der Waals surface area contributed by atoms with Crippen LogP contribution in [0.5, 0.6) is 0 Å². The third kappa shape index (κ3) is 3.44. The molecule has 0 atom stereocenters. The molecule has 0 aromatic heterocycles. The largest absolute Gasteiger partial charge is 0.271 e. The first-order chi connectivity index (χ1) is 12.5. The topological polar surface area (TPSA) is 84.6 Å². The lowest BCUT2D eigenvalue weighted by Gasteiger charge is -2.08. The molecule has 1 amide bonds. The molecular weight excluding hydrogens is 330 g/mol. The number of benzene rings is 3. The van der Waals surface area contributed by atoms with Gasteiger partial charge >= 0.3 is 0 Å². The highest BCUT2D eigenvalue weighted by Crippen LogP contribution is 2.20. The first kappa shape index (κ1) is 17.3. The van der Waals surface area contributed by atoms with E-state index in [0.29, 0.717) is 11.3 Å². The maximum Gasteiger partial charge on any atom is 0.271 e. The van der Waals surface area contributed by atoms with E-state index in [0.717, 1.165) is 16.3 Å². The average molecular weight is 347 g/mol. The highest BCUT2D eigenvalue weighted by atomic mass is 16.6. The molecule has 0 heterocycles. The number of nitro groups is 1. The molecule has 0 unspecified atom stereocenters. The molecule has 6 nitrogen and oxygen atoms in total. The standard InChI is InChI=1S/C20H17N3O3/c1-13-10-11-16(23(25)26)12-19(13)20(24)22-21-14(2)17-9-5-7-15-6-3-4-8-18(15)17/h3-12H,1-2H3,(H,22,24). The van der Waals surface area contributed by atoms with E-state index in [1.807, 2.05) is 49.4 Å². The van der Waals surface area contributed by atoms with Crippen molar-refractivity contribution in [3.05, 3.63) is 87.5 Å². The van der Waals surface area contributed by atoms with E-state index < -0.39 is 10.8 Å². The van der Waals surface area contributed by atoms with E-state index in [9.17, 15) is 14.9 Å². The number of hydrogen-bond acceptors (Lipinski definition) is 4. The Labute approximate surface area is 150 Å². The Morgan fingerprint density at radius 3 is 2.54 bits per heavy atom. The molecule has 0 saturated heterocycles. The van der Waals surface area contributed by atoms with Crippen LogP contribution in [0.3, 0.4) is 0 Å². The molecule has 3 aromatic carbocycles. The lowest BCUT2D eigenvalue weighted by molar-refractivity contribution is -0.384. The molecule has 1 N–H and O–H groups in total. The number of hydrogen-bond donors (Lipinski definition) is 1. The maximum absolute atomic E-state index is 12.4. The summed E-state index contributed by atoms with van der Waals surface area (Å²) < 4.78 is 0. The minimum Gasteiger partial charge on any atom is -0.267 e. The monoisotopic (exact) mass is 347 g/mol. The highest BCUT2D eigenvalue weighted by molar-refractivity contribution is 6.10. The summed E-state index contributed by atoms with van der Waals surface area (Å²) in [7, 11) is 0. The molecule has 0 aliphatic carbocycles. The van der Waals surface area contributed by atoms with Gasteiger partial charge in [-0.05, 0) is 30.2 Å². The number of amides is 1. The number of aryl methyl sites for hydroxylation is 1. The van der Waals surface area contributed by atoms with E-state index in [1.165, 1.54) is 12.1 Å². The predicted octanol–water partition coefficient (Wildman–Crippen LogP) is 4.21. The summed E-state index contributed by atoms with van der Waals surface area (Å²) >= 11 is 0. The van der Waals surface area contributed by atoms with Gasteiger partial charge in [-0.1, -0.05) is 48.5 Å². The zero-order valence-corrected chi connectivity index (χ0v) is 14.4. The fourth-order valence-electron chi connectivity index (χ4n) is 2.76. The fourth-order valence-corrected chi connectivity index (χ4v) is 2.76. The second kappa shape index (κ2) is 7.14. The van der Waals surface area contributed by atoms with E-state index in [4.69, 9.17) is 0 Å². The van der Waals surface area contributed by atoms with Crippen molar-refractivity contribution in [2.75, 3.05) is 0 Å². The summed E-state index contributed by atoms with van der Waals surface area (Å²) in [6, 6.07) is 18.0. The Morgan fingerprint density at radius 1 is 1.04 bits per heavy atom. The zero-order valence-electron chi connectivity index (χ0n) is 14.4. The summed E-state index contributed by atoms with van der Waals surface area (Å²) in [6.45, 7) is 3.53. The number of carbonyl (C=O) groups excluding carboxylic acids is 1. The molecule has 0 spiro atoms. The number of carbonyl (C=O) groups is 1. The molecule has 130 valence electrons. The Bertz CT molecular complexity index is 1040. The van der Waals surface area contributed by atoms with Crippen molar-refractivity contribution in [3.63, 3.8) is 0 Å². The summed E-state index contributed by atoms with van der Waals surface area (Å²) in [4.78, 5) is 22.8. The number of hydrazone groups is 1. The van der Waals surface area contributed by atoms with Crippen molar-refractivity contribution in [2.45, 2.75) is 13.8 Å². The third-order valence-electron chi connectivity index (χ3n) is 4.18. The van der Waals surface area contributed by atoms with E-state index >= 15 is 0 Å². The molecule has 0 aliphatic rings. The quantitative estimate of drug-likeness (QED) is 0.436. The molecule has 3 aromatic rings. The molecule has 0 fully saturated rings. The van der Waals surface area contributed by atoms with Crippen LogP contribution >= 0.6 is 0 Å². The van der Waals surface area contributed by atoms with Gasteiger partial charge in [0.05, 0.1) is 16.2 Å². The van der Waals surface area contributed by atoms with E-state index in [2.05, 4.69) is 10.5 Å². The van der Waals surface area contributed by atoms with Gasteiger partial charge in [0.25, 0.3) is 11.6 Å². The van der Waals surface area contributed by atoms with Gasteiger partial charge in [-0.25, -0.2) is 5.43 Å². The molecule has 26 heavy (non-hydrogen) atoms. The molecule has 0 aliphatic heterocycles. The first-order valence-electron chi connectivity index (χ1n) is 8.05. The molecule has 0 radical (unpaired) electrons. The van der Waals surface area contributed by atoms with Crippen molar-refractivity contribution in [2.24, 2.45) is 5.10 Å². The minimum absolute atomic E-state index is 0.129. The molecule has 6 heteroatoms. The summed E-state index contributed by atoms with van der Waals surface area (Å²) in [5.41, 5.74) is 4.81. The molecular formula is C20H17N3O3. The lowest BCUT2D eigenvalue weighted by Crippen LogP contribution is -2.20. The van der Waals surface area contributed by atoms with Crippen molar-refractivity contribution >= 4 is 28.1 Å². The number of nitrogens with one attached hydrogen (secondary N) is 1. The van der Waals surface area contributed by atoms with Crippen LogP contribution in [0.15, 0.2) is 65.8 Å².